The summed E-state index contributed by atoms with van der Waals surface area (Å²) in [4.78, 5) is 44.1. The number of carbonyl (C=O) groups excluding carboxylic acids is 3. The summed E-state index contributed by atoms with van der Waals surface area (Å²) in [6.45, 7) is 15.8. The number of aryl methyl sites for hydroxylation is 4. The lowest BCUT2D eigenvalue weighted by molar-refractivity contribution is -0.140. The summed E-state index contributed by atoms with van der Waals surface area (Å²) < 4.78 is 5.59. The van der Waals surface area contributed by atoms with E-state index in [1.807, 2.05) is 88.4 Å². The zero-order valence-corrected chi connectivity index (χ0v) is 29.0. The first-order valence-electron chi connectivity index (χ1n) is 16.6. The number of ether oxygens (including phenoxy) is 1. The lowest BCUT2D eigenvalue weighted by Gasteiger charge is -2.35. The van der Waals surface area contributed by atoms with Crippen molar-refractivity contribution in [2.75, 3.05) is 11.9 Å². The second-order valence-electron chi connectivity index (χ2n) is 13.4. The minimum atomic E-state index is -0.950. The van der Waals surface area contributed by atoms with Crippen LogP contribution >= 0.6 is 0 Å². The van der Waals surface area contributed by atoms with Crippen molar-refractivity contribution >= 4 is 23.6 Å². The predicted octanol–water partition coefficient (Wildman–Crippen LogP) is 8.54. The van der Waals surface area contributed by atoms with Gasteiger partial charge >= 0.3 is 6.09 Å². The van der Waals surface area contributed by atoms with Crippen LogP contribution in [-0.4, -0.2) is 41.0 Å². The van der Waals surface area contributed by atoms with E-state index in [-0.39, 0.29) is 18.2 Å². The van der Waals surface area contributed by atoms with Gasteiger partial charge < -0.3 is 20.3 Å². The van der Waals surface area contributed by atoms with E-state index in [4.69, 9.17) is 4.74 Å². The maximum atomic E-state index is 14.8. The SMILES string of the molecule is CCCCCCCN(C(=O)C(Cc1ccccc1)NC(=O)OC(C)(C)C)C(C(=O)Nc1c(C)cccc1C)c1cc(C)cc(C)c1. The molecule has 0 aromatic heterocycles. The van der Waals surface area contributed by atoms with Crippen molar-refractivity contribution in [3.8, 4) is 0 Å². The van der Waals surface area contributed by atoms with Gasteiger partial charge in [0.2, 0.25) is 5.91 Å². The van der Waals surface area contributed by atoms with Gasteiger partial charge in [-0.1, -0.05) is 110 Å². The number of alkyl carbamates (subject to hydrolysis) is 1. The lowest BCUT2D eigenvalue weighted by atomic mass is 9.96. The summed E-state index contributed by atoms with van der Waals surface area (Å²) in [6, 6.07) is 19.6. The number of hydrogen-bond acceptors (Lipinski definition) is 4. The van der Waals surface area contributed by atoms with E-state index in [9.17, 15) is 14.4 Å². The molecule has 0 heterocycles. The van der Waals surface area contributed by atoms with Crippen molar-refractivity contribution in [1.29, 1.82) is 0 Å². The van der Waals surface area contributed by atoms with Crippen LogP contribution in [0.3, 0.4) is 0 Å². The van der Waals surface area contributed by atoms with Crippen LogP contribution in [0, 0.1) is 27.7 Å². The standard InChI is InChI=1S/C39H53N3O4/c1-9-10-11-12-16-22-42(37(44)33(26-31-20-14-13-15-21-31)40-38(45)46-39(6,7)8)35(32-24-27(2)23-28(3)25-32)36(43)41-34-29(4)18-17-19-30(34)5/h13-15,17-21,23-25,33,35H,9-12,16,22,26H2,1-8H3,(H,40,45)(H,41,43). The van der Waals surface area contributed by atoms with Crippen LogP contribution in [0.5, 0.6) is 0 Å². The maximum Gasteiger partial charge on any atom is 0.408 e. The zero-order valence-electron chi connectivity index (χ0n) is 29.0. The number of para-hydroxylation sites is 1. The Bertz CT molecular complexity index is 1420. The fraction of sp³-hybridized carbons (Fsp3) is 0.462. The molecule has 0 saturated heterocycles. The number of nitrogens with one attached hydrogen (secondary N) is 2. The number of nitrogens with zero attached hydrogens (tertiary/aromatic N) is 1. The van der Waals surface area contributed by atoms with Gasteiger partial charge in [0.25, 0.3) is 5.91 Å². The lowest BCUT2D eigenvalue weighted by Crippen LogP contribution is -2.53. The van der Waals surface area contributed by atoms with Gasteiger partial charge in [-0.15, -0.1) is 0 Å². The van der Waals surface area contributed by atoms with Crippen LogP contribution in [0.15, 0.2) is 66.7 Å². The highest BCUT2D eigenvalue weighted by Crippen LogP contribution is 2.29. The Kier molecular flexibility index (Phi) is 13.4. The third-order valence-electron chi connectivity index (χ3n) is 7.91. The molecule has 3 aromatic rings. The molecule has 0 spiro atoms. The monoisotopic (exact) mass is 627 g/mol. The summed E-state index contributed by atoms with van der Waals surface area (Å²) in [5, 5.41) is 6.04. The van der Waals surface area contributed by atoms with Gasteiger partial charge in [-0.05, 0) is 77.1 Å². The van der Waals surface area contributed by atoms with Crippen LogP contribution in [0.25, 0.3) is 0 Å². The largest absolute Gasteiger partial charge is 0.444 e. The Morgan fingerprint density at radius 3 is 2.00 bits per heavy atom. The molecular formula is C39H53N3O4. The number of anilines is 1. The number of benzene rings is 3. The van der Waals surface area contributed by atoms with E-state index in [0.717, 1.165) is 71.2 Å². The van der Waals surface area contributed by atoms with Gasteiger partial charge in [0.1, 0.15) is 17.7 Å². The second kappa shape index (κ2) is 17.0. The molecule has 0 aliphatic rings. The molecule has 0 radical (unpaired) electrons. The van der Waals surface area contributed by atoms with Crippen molar-refractivity contribution in [3.63, 3.8) is 0 Å². The predicted molar refractivity (Wildman–Crippen MR) is 187 cm³/mol. The molecule has 0 fully saturated rings. The van der Waals surface area contributed by atoms with E-state index in [2.05, 4.69) is 23.6 Å². The number of rotatable bonds is 14. The number of amides is 3. The van der Waals surface area contributed by atoms with Gasteiger partial charge in [-0.2, -0.15) is 0 Å². The molecule has 0 aliphatic heterocycles. The van der Waals surface area contributed by atoms with Crippen molar-refractivity contribution in [3.05, 3.63) is 100 Å². The van der Waals surface area contributed by atoms with Crippen molar-refractivity contribution in [2.45, 2.75) is 112 Å². The second-order valence-corrected chi connectivity index (χ2v) is 13.4. The maximum absolute atomic E-state index is 14.8. The molecule has 0 saturated carbocycles. The first kappa shape index (κ1) is 36.3. The van der Waals surface area contributed by atoms with Crippen LogP contribution in [0.2, 0.25) is 0 Å². The van der Waals surface area contributed by atoms with Gasteiger partial charge in [-0.3, -0.25) is 9.59 Å². The van der Waals surface area contributed by atoms with E-state index in [1.165, 1.54) is 0 Å². The number of hydrogen-bond donors (Lipinski definition) is 2. The third kappa shape index (κ3) is 11.0. The summed E-state index contributed by atoms with van der Waals surface area (Å²) in [6.07, 6.45) is 4.50. The molecule has 7 nitrogen and oxygen atoms in total. The molecule has 46 heavy (non-hydrogen) atoms. The molecule has 3 amide bonds. The minimum absolute atomic E-state index is 0.253. The fourth-order valence-corrected chi connectivity index (χ4v) is 5.80. The van der Waals surface area contributed by atoms with Crippen LogP contribution < -0.4 is 10.6 Å². The van der Waals surface area contributed by atoms with E-state index >= 15 is 0 Å². The topological polar surface area (TPSA) is 87.7 Å². The van der Waals surface area contributed by atoms with E-state index in [0.29, 0.717) is 6.54 Å². The molecule has 3 rings (SSSR count). The molecule has 2 N–H and O–H groups in total. The van der Waals surface area contributed by atoms with Gasteiger partial charge in [0.15, 0.2) is 0 Å². The van der Waals surface area contributed by atoms with E-state index in [1.54, 1.807) is 25.7 Å². The minimum Gasteiger partial charge on any atom is -0.444 e. The molecule has 0 aliphatic carbocycles. The molecule has 3 aromatic carbocycles. The molecule has 2 atom stereocenters. The Labute approximate surface area is 276 Å². The molecule has 0 bridgehead atoms. The quantitative estimate of drug-likeness (QED) is 0.175. The van der Waals surface area contributed by atoms with Crippen molar-refractivity contribution in [1.82, 2.24) is 10.2 Å². The molecule has 248 valence electrons. The highest BCUT2D eigenvalue weighted by molar-refractivity contribution is 6.00. The normalized spacial score (nSPS) is 12.6. The van der Waals surface area contributed by atoms with Crippen molar-refractivity contribution < 1.29 is 19.1 Å². The van der Waals surface area contributed by atoms with Gasteiger partial charge in [0, 0.05) is 18.7 Å². The first-order chi connectivity index (χ1) is 21.8. The van der Waals surface area contributed by atoms with Gasteiger partial charge in [-0.25, -0.2) is 4.79 Å². The van der Waals surface area contributed by atoms with Gasteiger partial charge in [0.05, 0.1) is 0 Å². The van der Waals surface area contributed by atoms with E-state index < -0.39 is 23.8 Å². The Balaban J connectivity index is 2.12. The van der Waals surface area contributed by atoms with Crippen molar-refractivity contribution in [2.24, 2.45) is 0 Å². The molecule has 7 heteroatoms. The molecule has 2 unspecified atom stereocenters. The number of carbonyl (C=O) groups is 3. The number of unbranched alkanes of at least 4 members (excludes halogenated alkanes) is 4. The highest BCUT2D eigenvalue weighted by atomic mass is 16.6. The first-order valence-corrected chi connectivity index (χ1v) is 16.6. The summed E-state index contributed by atoms with van der Waals surface area (Å²) in [5.74, 6) is -0.619. The fourth-order valence-electron chi connectivity index (χ4n) is 5.80. The van der Waals surface area contributed by atoms with Crippen LogP contribution in [0.4, 0.5) is 10.5 Å². The Hall–Kier alpha value is -4.13. The highest BCUT2D eigenvalue weighted by Gasteiger charge is 2.36. The Morgan fingerprint density at radius 2 is 1.41 bits per heavy atom. The summed E-state index contributed by atoms with van der Waals surface area (Å²) in [7, 11) is 0. The summed E-state index contributed by atoms with van der Waals surface area (Å²) in [5.41, 5.74) is 5.52. The summed E-state index contributed by atoms with van der Waals surface area (Å²) >= 11 is 0. The van der Waals surface area contributed by atoms with Crippen LogP contribution in [-0.2, 0) is 20.7 Å². The third-order valence-corrected chi connectivity index (χ3v) is 7.91. The average molecular weight is 628 g/mol. The smallest absolute Gasteiger partial charge is 0.408 e. The Morgan fingerprint density at radius 1 is 0.804 bits per heavy atom. The zero-order chi connectivity index (χ0) is 33.9. The average Bonchev–Trinajstić information content (AvgIpc) is 2.96. The van der Waals surface area contributed by atoms with Crippen LogP contribution in [0.1, 0.15) is 99.2 Å². The molecular weight excluding hydrogens is 574 g/mol.